The fraction of sp³-hybridized carbons (Fsp3) is 0.455. The minimum atomic E-state index is 0.00587. The first kappa shape index (κ1) is 10.8. The van der Waals surface area contributed by atoms with Crippen LogP contribution in [0.1, 0.15) is 5.69 Å². The number of nitriles is 1. The van der Waals surface area contributed by atoms with Gasteiger partial charge in [0.1, 0.15) is 11.8 Å². The van der Waals surface area contributed by atoms with E-state index < -0.39 is 0 Å². The molecule has 0 saturated carbocycles. The van der Waals surface area contributed by atoms with Gasteiger partial charge in [-0.1, -0.05) is 0 Å². The maximum absolute atomic E-state index is 11.5. The highest BCUT2D eigenvalue weighted by Gasteiger charge is 2.36. The van der Waals surface area contributed by atoms with E-state index in [1.807, 2.05) is 15.9 Å². The van der Waals surface area contributed by atoms with Crippen LogP contribution in [0.5, 0.6) is 0 Å². The van der Waals surface area contributed by atoms with Crippen molar-refractivity contribution in [3.05, 3.63) is 18.0 Å². The molecule has 92 valence electrons. The van der Waals surface area contributed by atoms with Gasteiger partial charge in [-0.3, -0.25) is 0 Å². The molecule has 2 saturated heterocycles. The van der Waals surface area contributed by atoms with Crippen LogP contribution in [-0.4, -0.2) is 53.1 Å². The summed E-state index contributed by atoms with van der Waals surface area (Å²) in [6.07, 6.45) is 1.59. The van der Waals surface area contributed by atoms with Gasteiger partial charge in [0.15, 0.2) is 0 Å². The number of nitrogens with zero attached hydrogens (tertiary/aromatic N) is 5. The third kappa shape index (κ3) is 1.72. The fourth-order valence-corrected chi connectivity index (χ4v) is 2.35. The largest absolute Gasteiger partial charge is 0.337 e. The third-order valence-corrected chi connectivity index (χ3v) is 3.27. The van der Waals surface area contributed by atoms with Crippen molar-refractivity contribution in [2.24, 2.45) is 0 Å². The van der Waals surface area contributed by atoms with Crippen LogP contribution in [0.2, 0.25) is 0 Å². The second kappa shape index (κ2) is 4.14. The van der Waals surface area contributed by atoms with Crippen LogP contribution < -0.4 is 10.2 Å². The van der Waals surface area contributed by atoms with Crippen LogP contribution in [0.15, 0.2) is 12.3 Å². The molecule has 7 nitrogen and oxygen atoms in total. The molecule has 3 heterocycles. The first-order chi connectivity index (χ1) is 8.78. The highest BCUT2D eigenvalue weighted by molar-refractivity contribution is 5.77. The van der Waals surface area contributed by atoms with Gasteiger partial charge in [-0.05, 0) is 6.07 Å². The molecule has 1 N–H and O–H groups in total. The first-order valence-corrected chi connectivity index (χ1v) is 5.80. The van der Waals surface area contributed by atoms with E-state index in [0.29, 0.717) is 37.8 Å². The molecule has 0 radical (unpaired) electrons. The summed E-state index contributed by atoms with van der Waals surface area (Å²) in [5.74, 6) is 0.563. The van der Waals surface area contributed by atoms with E-state index in [9.17, 15) is 4.79 Å². The minimum absolute atomic E-state index is 0.00587. The Morgan fingerprint density at radius 1 is 1.50 bits per heavy atom. The number of urea groups is 1. The van der Waals surface area contributed by atoms with E-state index in [1.54, 1.807) is 12.3 Å². The number of carbonyl (C=O) groups excluding carboxylic acids is 1. The van der Waals surface area contributed by atoms with Crippen LogP contribution in [0, 0.1) is 11.3 Å². The van der Waals surface area contributed by atoms with Crippen LogP contribution in [0.4, 0.5) is 10.7 Å². The van der Waals surface area contributed by atoms with E-state index in [-0.39, 0.29) is 12.1 Å². The summed E-state index contributed by atoms with van der Waals surface area (Å²) in [4.78, 5) is 23.7. The normalized spacial score (nSPS) is 22.4. The van der Waals surface area contributed by atoms with Gasteiger partial charge >= 0.3 is 6.03 Å². The first-order valence-electron chi connectivity index (χ1n) is 5.80. The molecule has 1 aromatic heterocycles. The molecule has 2 amide bonds. The molecule has 2 aliphatic rings. The Labute approximate surface area is 104 Å². The van der Waals surface area contributed by atoms with Gasteiger partial charge in [-0.15, -0.1) is 0 Å². The maximum atomic E-state index is 11.5. The van der Waals surface area contributed by atoms with Gasteiger partial charge in [-0.25, -0.2) is 14.8 Å². The van der Waals surface area contributed by atoms with Crippen LogP contribution in [0.25, 0.3) is 0 Å². The Morgan fingerprint density at radius 3 is 3.22 bits per heavy atom. The smallest absolute Gasteiger partial charge is 0.317 e. The predicted octanol–water partition coefficient (Wildman–Crippen LogP) is -0.438. The Kier molecular flexibility index (Phi) is 2.48. The molecular formula is C11H12N6O. The molecule has 1 unspecified atom stereocenters. The van der Waals surface area contributed by atoms with Crippen molar-refractivity contribution in [1.29, 1.82) is 5.26 Å². The van der Waals surface area contributed by atoms with E-state index in [2.05, 4.69) is 15.3 Å². The minimum Gasteiger partial charge on any atom is -0.337 e. The number of fused-ring (bicyclic) bond motifs is 1. The van der Waals surface area contributed by atoms with Crippen molar-refractivity contribution in [3.63, 3.8) is 0 Å². The number of piperazine rings is 1. The van der Waals surface area contributed by atoms with Crippen molar-refractivity contribution >= 4 is 12.0 Å². The van der Waals surface area contributed by atoms with E-state index in [1.165, 1.54) is 0 Å². The lowest BCUT2D eigenvalue weighted by Gasteiger charge is -2.36. The summed E-state index contributed by atoms with van der Waals surface area (Å²) in [5, 5.41) is 11.6. The summed E-state index contributed by atoms with van der Waals surface area (Å²) >= 11 is 0. The van der Waals surface area contributed by atoms with E-state index in [4.69, 9.17) is 5.26 Å². The molecular weight excluding hydrogens is 232 g/mol. The summed E-state index contributed by atoms with van der Waals surface area (Å²) in [5.41, 5.74) is 0.364. The molecule has 0 bridgehead atoms. The van der Waals surface area contributed by atoms with Gasteiger partial charge in [0, 0.05) is 32.4 Å². The van der Waals surface area contributed by atoms with E-state index >= 15 is 0 Å². The number of amides is 2. The van der Waals surface area contributed by atoms with Crippen molar-refractivity contribution in [3.8, 4) is 6.07 Å². The number of nitrogens with one attached hydrogen (secondary N) is 1. The van der Waals surface area contributed by atoms with Gasteiger partial charge in [-0.2, -0.15) is 5.26 Å². The predicted molar refractivity (Wildman–Crippen MR) is 62.9 cm³/mol. The van der Waals surface area contributed by atoms with Gasteiger partial charge in [0.2, 0.25) is 5.95 Å². The molecule has 7 heteroatoms. The molecule has 0 aromatic carbocycles. The van der Waals surface area contributed by atoms with Crippen molar-refractivity contribution in [2.45, 2.75) is 6.04 Å². The number of aromatic nitrogens is 2. The Bertz CT molecular complexity index is 525. The lowest BCUT2D eigenvalue weighted by molar-refractivity contribution is 0.197. The molecule has 0 aliphatic carbocycles. The molecule has 3 rings (SSSR count). The molecule has 2 fully saturated rings. The monoisotopic (exact) mass is 244 g/mol. The zero-order chi connectivity index (χ0) is 12.5. The zero-order valence-electron chi connectivity index (χ0n) is 9.70. The summed E-state index contributed by atoms with van der Waals surface area (Å²) in [7, 11) is 0. The van der Waals surface area contributed by atoms with Crippen molar-refractivity contribution in [1.82, 2.24) is 20.2 Å². The second-order valence-corrected chi connectivity index (χ2v) is 4.33. The second-order valence-electron chi connectivity index (χ2n) is 4.33. The molecule has 0 spiro atoms. The van der Waals surface area contributed by atoms with Crippen LogP contribution in [-0.2, 0) is 0 Å². The maximum Gasteiger partial charge on any atom is 0.317 e. The quantitative estimate of drug-likeness (QED) is 0.724. The summed E-state index contributed by atoms with van der Waals surface area (Å²) < 4.78 is 0. The molecule has 1 aromatic rings. The highest BCUT2D eigenvalue weighted by Crippen LogP contribution is 2.17. The molecule has 2 aliphatic heterocycles. The third-order valence-electron chi connectivity index (χ3n) is 3.27. The van der Waals surface area contributed by atoms with E-state index in [0.717, 1.165) is 0 Å². The molecule has 18 heavy (non-hydrogen) atoms. The Hall–Kier alpha value is -2.36. The highest BCUT2D eigenvalue weighted by atomic mass is 16.2. The lowest BCUT2D eigenvalue weighted by Crippen LogP contribution is -2.52. The van der Waals surface area contributed by atoms with Gasteiger partial charge < -0.3 is 15.1 Å². The Balaban J connectivity index is 1.78. The van der Waals surface area contributed by atoms with Crippen LogP contribution in [0.3, 0.4) is 0 Å². The summed E-state index contributed by atoms with van der Waals surface area (Å²) in [6.45, 7) is 2.72. The van der Waals surface area contributed by atoms with Crippen molar-refractivity contribution in [2.75, 3.05) is 31.1 Å². The summed E-state index contributed by atoms with van der Waals surface area (Å²) in [6, 6.07) is 3.76. The average Bonchev–Trinajstić information content (AvgIpc) is 2.80. The number of carbonyl (C=O) groups is 1. The topological polar surface area (TPSA) is 85.2 Å². The van der Waals surface area contributed by atoms with Gasteiger partial charge in [0.25, 0.3) is 0 Å². The number of hydrogen-bond acceptors (Lipinski definition) is 5. The Morgan fingerprint density at radius 2 is 2.39 bits per heavy atom. The number of hydrogen-bond donors (Lipinski definition) is 1. The van der Waals surface area contributed by atoms with Crippen molar-refractivity contribution < 1.29 is 4.79 Å². The standard InChI is InChI=1S/C11H12N6O/c12-5-8-1-2-13-10(15-8)16-3-4-17-9(7-16)6-14-11(17)18/h1-2,9H,3-4,6-7H2,(H,14,18). The number of anilines is 1. The van der Waals surface area contributed by atoms with Gasteiger partial charge in [0.05, 0.1) is 6.04 Å². The fourth-order valence-electron chi connectivity index (χ4n) is 2.35. The van der Waals surface area contributed by atoms with Crippen LogP contribution >= 0.6 is 0 Å². The SMILES string of the molecule is N#Cc1ccnc(N2CCN3C(=O)NCC3C2)n1. The molecule has 1 atom stereocenters. The lowest BCUT2D eigenvalue weighted by atomic mass is 10.2. The zero-order valence-corrected chi connectivity index (χ0v) is 9.70. The number of rotatable bonds is 1. The average molecular weight is 244 g/mol.